The number of hydrogen-bond donors (Lipinski definition) is 1. The maximum atomic E-state index is 11.0. The predicted octanol–water partition coefficient (Wildman–Crippen LogP) is -0.807. The van der Waals surface area contributed by atoms with E-state index in [4.69, 9.17) is 14.7 Å². The molecule has 0 aliphatic heterocycles. The summed E-state index contributed by atoms with van der Waals surface area (Å²) in [5, 5.41) is 8.57. The van der Waals surface area contributed by atoms with Crippen LogP contribution in [0.5, 0.6) is 5.75 Å². The summed E-state index contributed by atoms with van der Waals surface area (Å²) in [5.74, 6) is -0.118. The van der Waals surface area contributed by atoms with Gasteiger partial charge in [0, 0.05) is 6.07 Å². The molecule has 1 rings (SSSR count). The molecular formula is C7H6Br2N2O4S. The molecule has 0 fully saturated rings. The molecule has 6 nitrogen and oxygen atoms in total. The highest BCUT2D eigenvalue weighted by atomic mass is 79.9. The van der Waals surface area contributed by atoms with Crippen molar-refractivity contribution in [2.45, 2.75) is 4.90 Å². The predicted molar refractivity (Wildman–Crippen MR) is 55.3 cm³/mol. The molecule has 1 N–H and O–H groups in total. The summed E-state index contributed by atoms with van der Waals surface area (Å²) in [6.07, 6.45) is 0. The largest absolute Gasteiger partial charge is 1.00 e. The van der Waals surface area contributed by atoms with Crippen LogP contribution in [0.1, 0.15) is 0 Å². The highest BCUT2D eigenvalue weighted by Crippen LogP contribution is 2.38. The molecule has 9 heteroatoms. The molecule has 0 aromatic heterocycles. The van der Waals surface area contributed by atoms with Gasteiger partial charge in [0.2, 0.25) is 10.3 Å². The van der Waals surface area contributed by atoms with Crippen LogP contribution in [0.4, 0.5) is 5.69 Å². The van der Waals surface area contributed by atoms with Gasteiger partial charge >= 0.3 is 15.8 Å². The van der Waals surface area contributed by atoms with Crippen molar-refractivity contribution in [3.8, 4) is 5.75 Å². The van der Waals surface area contributed by atoms with Gasteiger partial charge in [0.05, 0.1) is 11.6 Å². The third-order valence-corrected chi connectivity index (χ3v) is 3.15. The van der Waals surface area contributed by atoms with E-state index in [1.165, 1.54) is 19.2 Å². The van der Waals surface area contributed by atoms with Crippen LogP contribution < -0.4 is 21.7 Å². The van der Waals surface area contributed by atoms with Crippen molar-refractivity contribution < 1.29 is 34.7 Å². The molecule has 0 saturated heterocycles. The standard InChI is InChI=1S/C7H5BrN2O4S.BrH/c1-14-6-4(8)2-3-5(10-9)7(6)15(11,12)13;/h2-3H,1H3;1H. The Morgan fingerprint density at radius 3 is 2.44 bits per heavy atom. The van der Waals surface area contributed by atoms with Crippen molar-refractivity contribution >= 4 is 31.7 Å². The minimum absolute atomic E-state index is 0. The van der Waals surface area contributed by atoms with E-state index in [0.29, 0.717) is 4.47 Å². The second-order valence-electron chi connectivity index (χ2n) is 2.50. The van der Waals surface area contributed by atoms with Crippen molar-refractivity contribution in [3.63, 3.8) is 0 Å². The molecule has 16 heavy (non-hydrogen) atoms. The third kappa shape index (κ3) is 2.91. The van der Waals surface area contributed by atoms with E-state index in [2.05, 4.69) is 20.9 Å². The highest BCUT2D eigenvalue weighted by Gasteiger charge is 2.31. The first kappa shape index (κ1) is 15.3. The average molecular weight is 374 g/mol. The van der Waals surface area contributed by atoms with Gasteiger partial charge in [0.25, 0.3) is 0 Å². The average Bonchev–Trinajstić information content (AvgIpc) is 2.15. The summed E-state index contributed by atoms with van der Waals surface area (Å²) in [4.78, 5) is 2.17. The number of methoxy groups -OCH3 is 1. The van der Waals surface area contributed by atoms with E-state index in [9.17, 15) is 8.42 Å². The van der Waals surface area contributed by atoms with Gasteiger partial charge < -0.3 is 21.7 Å². The summed E-state index contributed by atoms with van der Waals surface area (Å²) < 4.78 is 36.1. The Bertz CT molecular complexity index is 538. The van der Waals surface area contributed by atoms with Crippen LogP contribution in [-0.4, -0.2) is 20.1 Å². The normalized spacial score (nSPS) is 10.1. The lowest BCUT2D eigenvalue weighted by Gasteiger charge is -2.04. The van der Waals surface area contributed by atoms with Gasteiger partial charge in [-0.25, -0.2) is 0 Å². The van der Waals surface area contributed by atoms with Gasteiger partial charge in [-0.05, 0) is 22.0 Å². The van der Waals surface area contributed by atoms with Crippen molar-refractivity contribution in [1.82, 2.24) is 0 Å². The van der Waals surface area contributed by atoms with Crippen LogP contribution in [0.15, 0.2) is 21.5 Å². The molecule has 0 aliphatic rings. The Hall–Kier alpha value is -0.690. The molecule has 0 unspecified atom stereocenters. The van der Waals surface area contributed by atoms with Crippen molar-refractivity contribution in [1.29, 1.82) is 5.39 Å². The number of benzene rings is 1. The lowest BCUT2D eigenvalue weighted by molar-refractivity contribution is -0.00000783. The Balaban J connectivity index is 0.00000225. The molecule has 0 radical (unpaired) electrons. The van der Waals surface area contributed by atoms with Crippen LogP contribution in [-0.2, 0) is 10.1 Å². The highest BCUT2D eigenvalue weighted by molar-refractivity contribution is 9.10. The second kappa shape index (κ2) is 5.58. The zero-order valence-corrected chi connectivity index (χ0v) is 11.9. The number of ether oxygens (including phenoxy) is 1. The minimum Gasteiger partial charge on any atom is -1.00 e. The molecule has 0 atom stereocenters. The van der Waals surface area contributed by atoms with E-state index in [0.717, 1.165) is 0 Å². The minimum atomic E-state index is -4.52. The number of nitrogens with zero attached hydrogens (tertiary/aromatic N) is 2. The van der Waals surface area contributed by atoms with E-state index in [1.54, 1.807) is 0 Å². The zero-order chi connectivity index (χ0) is 11.6. The van der Waals surface area contributed by atoms with Crippen LogP contribution in [0.25, 0.3) is 4.98 Å². The van der Waals surface area contributed by atoms with Crippen LogP contribution >= 0.6 is 15.9 Å². The van der Waals surface area contributed by atoms with Gasteiger partial charge in [-0.1, -0.05) is 0 Å². The fraction of sp³-hybridized carbons (Fsp3) is 0.143. The van der Waals surface area contributed by atoms with Crippen LogP contribution in [0, 0.1) is 5.39 Å². The zero-order valence-electron chi connectivity index (χ0n) is 7.89. The quantitative estimate of drug-likeness (QED) is 0.541. The maximum absolute atomic E-state index is 11.0. The third-order valence-electron chi connectivity index (χ3n) is 1.61. The number of diazo groups is 1. The van der Waals surface area contributed by atoms with Crippen molar-refractivity contribution in [2.75, 3.05) is 7.11 Å². The Morgan fingerprint density at radius 2 is 2.06 bits per heavy atom. The van der Waals surface area contributed by atoms with E-state index in [-0.39, 0.29) is 28.4 Å². The smallest absolute Gasteiger partial charge is 0.409 e. The van der Waals surface area contributed by atoms with E-state index < -0.39 is 15.0 Å². The number of halogens is 2. The molecule has 0 aliphatic carbocycles. The number of hydrogen-bond acceptors (Lipinski definition) is 4. The monoisotopic (exact) mass is 372 g/mol. The molecule has 0 saturated carbocycles. The molecule has 1 aromatic carbocycles. The van der Waals surface area contributed by atoms with Crippen LogP contribution in [0.3, 0.4) is 0 Å². The van der Waals surface area contributed by atoms with Crippen LogP contribution in [0.2, 0.25) is 0 Å². The van der Waals surface area contributed by atoms with Gasteiger partial charge in [0.15, 0.2) is 10.7 Å². The van der Waals surface area contributed by atoms with Crippen molar-refractivity contribution in [3.05, 3.63) is 21.6 Å². The Kier molecular flexibility index (Phi) is 5.34. The first-order chi connectivity index (χ1) is 6.91. The fourth-order valence-corrected chi connectivity index (χ4v) is 2.47. The maximum Gasteiger partial charge on any atom is 0.409 e. The van der Waals surface area contributed by atoms with Gasteiger partial charge in [0.1, 0.15) is 0 Å². The molecule has 0 spiro atoms. The van der Waals surface area contributed by atoms with Gasteiger partial charge in [-0.3, -0.25) is 4.55 Å². The summed E-state index contributed by atoms with van der Waals surface area (Å²) in [6.45, 7) is 0. The lowest BCUT2D eigenvalue weighted by atomic mass is 10.3. The first-order valence-corrected chi connectivity index (χ1v) is 5.84. The molecule has 0 bridgehead atoms. The lowest BCUT2D eigenvalue weighted by Crippen LogP contribution is -3.00. The summed E-state index contributed by atoms with van der Waals surface area (Å²) in [7, 11) is -3.29. The van der Waals surface area contributed by atoms with E-state index in [1.807, 2.05) is 0 Å². The molecule has 88 valence electrons. The number of rotatable bonds is 2. The molecular weight excluding hydrogens is 368 g/mol. The Morgan fingerprint density at radius 1 is 1.50 bits per heavy atom. The van der Waals surface area contributed by atoms with E-state index >= 15 is 0 Å². The molecule has 1 aromatic rings. The summed E-state index contributed by atoms with van der Waals surface area (Å²) in [6, 6.07) is 2.65. The van der Waals surface area contributed by atoms with Gasteiger partial charge in [-0.15, -0.1) is 0 Å². The Labute approximate surface area is 111 Å². The topological polar surface area (TPSA) is 91.8 Å². The SMILES string of the molecule is COc1c(Br)ccc([N+]#N)c1S(=O)(=O)O.[Br-]. The summed E-state index contributed by atoms with van der Waals surface area (Å²) >= 11 is 3.04. The fourth-order valence-electron chi connectivity index (χ4n) is 1.05. The second-order valence-corrected chi connectivity index (χ2v) is 4.72. The first-order valence-electron chi connectivity index (χ1n) is 3.61. The molecule has 0 amide bonds. The van der Waals surface area contributed by atoms with Crippen molar-refractivity contribution in [2.24, 2.45) is 0 Å². The van der Waals surface area contributed by atoms with Gasteiger partial charge in [-0.2, -0.15) is 8.42 Å². The molecule has 0 heterocycles. The summed E-state index contributed by atoms with van der Waals surface area (Å²) in [5.41, 5.74) is -0.294.